The fraction of sp³-hybridized carbons (Fsp3) is 0.231. The van der Waals surface area contributed by atoms with E-state index in [0.29, 0.717) is 5.69 Å². The first-order valence-corrected chi connectivity index (χ1v) is 6.79. The molecule has 2 aromatic rings. The Morgan fingerprint density at radius 1 is 1.39 bits per heavy atom. The molecule has 0 saturated carbocycles. The molecule has 0 aliphatic carbocycles. The number of benzene rings is 1. The molecule has 1 aliphatic heterocycles. The van der Waals surface area contributed by atoms with E-state index in [1.165, 1.54) is 22.5 Å². The molecule has 1 aliphatic rings. The summed E-state index contributed by atoms with van der Waals surface area (Å²) in [6, 6.07) is 6.08. The number of anilines is 1. The number of nitrogens with one attached hydrogen (secondary N) is 2. The Kier molecular flexibility index (Phi) is 3.08. The molecular formula is C13H13N3OS. The molecule has 0 radical (unpaired) electrons. The summed E-state index contributed by atoms with van der Waals surface area (Å²) in [6.07, 6.45) is 1.05. The third-order valence-corrected chi connectivity index (χ3v) is 3.60. The number of hydrogen-bond donors (Lipinski definition) is 2. The van der Waals surface area contributed by atoms with Crippen molar-refractivity contribution in [3.05, 3.63) is 45.9 Å². The number of aromatic nitrogens is 1. The van der Waals surface area contributed by atoms with Crippen LogP contribution in [0.25, 0.3) is 0 Å². The van der Waals surface area contributed by atoms with Crippen molar-refractivity contribution in [2.24, 2.45) is 0 Å². The minimum atomic E-state index is -0.153. The molecule has 0 atom stereocenters. The largest absolute Gasteiger partial charge is 0.321 e. The smallest absolute Gasteiger partial charge is 0.275 e. The number of carbonyl (C=O) groups excluding carboxylic acids is 1. The zero-order valence-corrected chi connectivity index (χ0v) is 10.6. The molecule has 0 unspecified atom stereocenters. The van der Waals surface area contributed by atoms with Crippen LogP contribution in [0.4, 0.5) is 5.69 Å². The van der Waals surface area contributed by atoms with Gasteiger partial charge in [-0.05, 0) is 36.2 Å². The van der Waals surface area contributed by atoms with Crippen LogP contribution in [-0.2, 0) is 13.0 Å². The molecule has 1 amide bonds. The van der Waals surface area contributed by atoms with Crippen molar-refractivity contribution in [3.8, 4) is 0 Å². The van der Waals surface area contributed by atoms with Crippen molar-refractivity contribution < 1.29 is 4.79 Å². The SMILES string of the molecule is O=C(Nc1ccc2c(c1)CNCC2)c1cscn1. The maximum absolute atomic E-state index is 11.9. The molecule has 0 saturated heterocycles. The lowest BCUT2D eigenvalue weighted by atomic mass is 10.0. The average molecular weight is 259 g/mol. The first-order chi connectivity index (χ1) is 8.83. The third-order valence-electron chi connectivity index (χ3n) is 3.02. The van der Waals surface area contributed by atoms with Gasteiger partial charge in [0.2, 0.25) is 0 Å². The van der Waals surface area contributed by atoms with Gasteiger partial charge in [-0.1, -0.05) is 6.07 Å². The third kappa shape index (κ3) is 2.27. The Balaban J connectivity index is 1.79. The summed E-state index contributed by atoms with van der Waals surface area (Å²) in [4.78, 5) is 15.9. The molecule has 5 heteroatoms. The molecule has 0 spiro atoms. The highest BCUT2D eigenvalue weighted by molar-refractivity contribution is 7.07. The van der Waals surface area contributed by atoms with E-state index >= 15 is 0 Å². The summed E-state index contributed by atoms with van der Waals surface area (Å²) < 4.78 is 0. The molecule has 0 fully saturated rings. The lowest BCUT2D eigenvalue weighted by Gasteiger charge is -2.17. The molecule has 0 bridgehead atoms. The Morgan fingerprint density at radius 3 is 3.17 bits per heavy atom. The van der Waals surface area contributed by atoms with E-state index in [0.717, 1.165) is 25.2 Å². The number of amides is 1. The highest BCUT2D eigenvalue weighted by atomic mass is 32.1. The van der Waals surface area contributed by atoms with Gasteiger partial charge in [0.05, 0.1) is 5.51 Å². The Morgan fingerprint density at radius 2 is 2.33 bits per heavy atom. The summed E-state index contributed by atoms with van der Waals surface area (Å²) in [5.74, 6) is -0.153. The number of thiazole rings is 1. The van der Waals surface area contributed by atoms with E-state index in [2.05, 4.69) is 21.7 Å². The average Bonchev–Trinajstić information content (AvgIpc) is 2.92. The second kappa shape index (κ2) is 4.88. The van der Waals surface area contributed by atoms with Crippen molar-refractivity contribution in [1.82, 2.24) is 10.3 Å². The Bertz CT molecular complexity index is 566. The normalized spacial score (nSPS) is 14.0. The van der Waals surface area contributed by atoms with Crippen molar-refractivity contribution in [2.45, 2.75) is 13.0 Å². The quantitative estimate of drug-likeness (QED) is 0.867. The van der Waals surface area contributed by atoms with Gasteiger partial charge in [-0.3, -0.25) is 4.79 Å². The van der Waals surface area contributed by atoms with Crippen LogP contribution in [-0.4, -0.2) is 17.4 Å². The van der Waals surface area contributed by atoms with Crippen LogP contribution in [0, 0.1) is 0 Å². The molecule has 3 rings (SSSR count). The topological polar surface area (TPSA) is 54.0 Å². The molecule has 1 aromatic heterocycles. The van der Waals surface area contributed by atoms with Crippen molar-refractivity contribution >= 4 is 22.9 Å². The van der Waals surface area contributed by atoms with Crippen LogP contribution >= 0.6 is 11.3 Å². The second-order valence-corrected chi connectivity index (χ2v) is 4.96. The minimum Gasteiger partial charge on any atom is -0.321 e. The second-order valence-electron chi connectivity index (χ2n) is 4.24. The first-order valence-electron chi connectivity index (χ1n) is 5.85. The number of fused-ring (bicyclic) bond motifs is 1. The van der Waals surface area contributed by atoms with E-state index in [1.54, 1.807) is 10.9 Å². The monoisotopic (exact) mass is 259 g/mol. The van der Waals surface area contributed by atoms with Gasteiger partial charge in [0.1, 0.15) is 5.69 Å². The van der Waals surface area contributed by atoms with Crippen LogP contribution in [0.2, 0.25) is 0 Å². The van der Waals surface area contributed by atoms with E-state index < -0.39 is 0 Å². The van der Waals surface area contributed by atoms with Gasteiger partial charge in [-0.15, -0.1) is 11.3 Å². The molecule has 1 aromatic carbocycles. The fourth-order valence-corrected chi connectivity index (χ4v) is 2.61. The van der Waals surface area contributed by atoms with E-state index in [1.807, 2.05) is 12.1 Å². The molecule has 18 heavy (non-hydrogen) atoms. The van der Waals surface area contributed by atoms with Crippen LogP contribution in [0.5, 0.6) is 0 Å². The number of hydrogen-bond acceptors (Lipinski definition) is 4. The van der Waals surface area contributed by atoms with Gasteiger partial charge in [-0.25, -0.2) is 4.98 Å². The fourth-order valence-electron chi connectivity index (χ4n) is 2.08. The summed E-state index contributed by atoms with van der Waals surface area (Å²) in [6.45, 7) is 1.90. The van der Waals surface area contributed by atoms with Crippen LogP contribution in [0.1, 0.15) is 21.6 Å². The minimum absolute atomic E-state index is 0.153. The zero-order valence-electron chi connectivity index (χ0n) is 9.77. The number of nitrogens with zero attached hydrogens (tertiary/aromatic N) is 1. The number of carbonyl (C=O) groups is 1. The van der Waals surface area contributed by atoms with Crippen LogP contribution in [0.3, 0.4) is 0 Å². The summed E-state index contributed by atoms with van der Waals surface area (Å²) in [7, 11) is 0. The van der Waals surface area contributed by atoms with Gasteiger partial charge in [0.25, 0.3) is 5.91 Å². The van der Waals surface area contributed by atoms with Gasteiger partial charge >= 0.3 is 0 Å². The molecule has 2 N–H and O–H groups in total. The highest BCUT2D eigenvalue weighted by Gasteiger charge is 2.11. The van der Waals surface area contributed by atoms with Gasteiger partial charge < -0.3 is 10.6 Å². The highest BCUT2D eigenvalue weighted by Crippen LogP contribution is 2.19. The lowest BCUT2D eigenvalue weighted by Crippen LogP contribution is -2.23. The molecule has 4 nitrogen and oxygen atoms in total. The van der Waals surface area contributed by atoms with Crippen LogP contribution < -0.4 is 10.6 Å². The van der Waals surface area contributed by atoms with Gasteiger partial charge in [0, 0.05) is 17.6 Å². The Hall–Kier alpha value is -1.72. The van der Waals surface area contributed by atoms with E-state index in [-0.39, 0.29) is 5.91 Å². The van der Waals surface area contributed by atoms with E-state index in [4.69, 9.17) is 0 Å². The lowest BCUT2D eigenvalue weighted by molar-refractivity contribution is 0.102. The number of rotatable bonds is 2. The summed E-state index contributed by atoms with van der Waals surface area (Å²) in [5, 5.41) is 7.94. The van der Waals surface area contributed by atoms with Gasteiger partial charge in [-0.2, -0.15) is 0 Å². The van der Waals surface area contributed by atoms with Crippen molar-refractivity contribution in [2.75, 3.05) is 11.9 Å². The first kappa shape index (κ1) is 11.4. The standard InChI is InChI=1S/C13H13N3OS/c17-13(12-7-18-8-15-12)16-11-2-1-9-3-4-14-6-10(9)5-11/h1-2,5,7-8,14H,3-4,6H2,(H,16,17). The predicted molar refractivity (Wildman–Crippen MR) is 71.9 cm³/mol. The van der Waals surface area contributed by atoms with Crippen molar-refractivity contribution in [3.63, 3.8) is 0 Å². The zero-order chi connectivity index (χ0) is 12.4. The summed E-state index contributed by atoms with van der Waals surface area (Å²) in [5.41, 5.74) is 5.58. The molecule has 2 heterocycles. The van der Waals surface area contributed by atoms with Gasteiger partial charge in [0.15, 0.2) is 0 Å². The summed E-state index contributed by atoms with van der Waals surface area (Å²) >= 11 is 1.42. The molecular weight excluding hydrogens is 246 g/mol. The van der Waals surface area contributed by atoms with Crippen molar-refractivity contribution in [1.29, 1.82) is 0 Å². The van der Waals surface area contributed by atoms with E-state index in [9.17, 15) is 4.79 Å². The predicted octanol–water partition coefficient (Wildman–Crippen LogP) is 2.04. The maximum Gasteiger partial charge on any atom is 0.275 e. The van der Waals surface area contributed by atoms with Crippen LogP contribution in [0.15, 0.2) is 29.1 Å². The maximum atomic E-state index is 11.9. The Labute approximate surface area is 109 Å². The molecule has 92 valence electrons.